The molecule has 1 aromatic heterocycles. The van der Waals surface area contributed by atoms with Gasteiger partial charge in [0.15, 0.2) is 6.61 Å². The summed E-state index contributed by atoms with van der Waals surface area (Å²) in [5.74, 6) is -0.961. The Hall–Kier alpha value is -2.64. The van der Waals surface area contributed by atoms with Gasteiger partial charge in [-0.05, 0) is 29.3 Å². The molecule has 1 heterocycles. The molecule has 0 aliphatic carbocycles. The highest BCUT2D eigenvalue weighted by molar-refractivity contribution is 5.78. The lowest BCUT2D eigenvalue weighted by Gasteiger charge is -2.09. The minimum Gasteiger partial charge on any atom is -0.468 e. The van der Waals surface area contributed by atoms with Crippen LogP contribution in [0.25, 0.3) is 0 Å². The van der Waals surface area contributed by atoms with E-state index in [1.54, 1.807) is 6.07 Å². The van der Waals surface area contributed by atoms with E-state index in [0.717, 1.165) is 0 Å². The highest BCUT2D eigenvalue weighted by Crippen LogP contribution is 2.17. The van der Waals surface area contributed by atoms with Crippen molar-refractivity contribution in [2.45, 2.75) is 33.0 Å². The van der Waals surface area contributed by atoms with Gasteiger partial charge in [-0.2, -0.15) is 13.2 Å². The molecule has 8 heteroatoms. The first kappa shape index (κ1) is 21.4. The van der Waals surface area contributed by atoms with Gasteiger partial charge in [-0.1, -0.05) is 26.0 Å². The lowest BCUT2D eigenvalue weighted by molar-refractivity contribution is -0.154. The average Bonchev–Trinajstić information content (AvgIpc) is 2.60. The van der Waals surface area contributed by atoms with Crippen molar-refractivity contribution in [2.75, 3.05) is 6.61 Å². The molecule has 142 valence electrons. The Kier molecular flexibility index (Phi) is 8.54. The third-order valence-electron chi connectivity index (χ3n) is 2.93. The standard InChI is InChI=1S/C16H14F4N2O2.C2H6/c17-13-3-1-2-12(6-13)9-22-14(23)7-11-4-5-21-15(8-11)24-10-16(18,19)20;1-2/h1-6,8H,7,9-10H2,(H,22,23);1-2H3. The van der Waals surface area contributed by atoms with Crippen LogP contribution in [0.1, 0.15) is 25.0 Å². The van der Waals surface area contributed by atoms with Gasteiger partial charge in [-0.15, -0.1) is 0 Å². The number of carbonyl (C=O) groups excluding carboxylic acids is 1. The highest BCUT2D eigenvalue weighted by atomic mass is 19.4. The smallest absolute Gasteiger partial charge is 0.422 e. The predicted molar refractivity (Wildman–Crippen MR) is 89.1 cm³/mol. The number of hydrogen-bond acceptors (Lipinski definition) is 3. The molecule has 26 heavy (non-hydrogen) atoms. The van der Waals surface area contributed by atoms with Crippen LogP contribution in [-0.4, -0.2) is 23.7 Å². The summed E-state index contributed by atoms with van der Waals surface area (Å²) in [5, 5.41) is 2.60. The van der Waals surface area contributed by atoms with E-state index in [-0.39, 0.29) is 24.8 Å². The van der Waals surface area contributed by atoms with Gasteiger partial charge in [0, 0.05) is 18.8 Å². The van der Waals surface area contributed by atoms with Gasteiger partial charge in [0.2, 0.25) is 11.8 Å². The summed E-state index contributed by atoms with van der Waals surface area (Å²) in [7, 11) is 0. The number of amides is 1. The van der Waals surface area contributed by atoms with E-state index in [2.05, 4.69) is 15.0 Å². The molecule has 0 spiro atoms. The normalized spacial score (nSPS) is 10.5. The van der Waals surface area contributed by atoms with Crippen LogP contribution in [0.5, 0.6) is 5.88 Å². The number of ether oxygens (including phenoxy) is 1. The number of benzene rings is 1. The molecule has 0 fully saturated rings. The topological polar surface area (TPSA) is 51.2 Å². The number of rotatable bonds is 6. The molecule has 0 unspecified atom stereocenters. The zero-order valence-electron chi connectivity index (χ0n) is 14.4. The second-order valence-corrected chi connectivity index (χ2v) is 4.99. The molecule has 2 rings (SSSR count). The SMILES string of the molecule is CC.O=C(Cc1ccnc(OCC(F)(F)F)c1)NCc1cccc(F)c1. The van der Waals surface area contributed by atoms with Gasteiger partial charge < -0.3 is 10.1 Å². The molecular weight excluding hydrogens is 352 g/mol. The number of halogens is 4. The van der Waals surface area contributed by atoms with Gasteiger partial charge >= 0.3 is 6.18 Å². The maximum absolute atomic E-state index is 13.0. The van der Waals surface area contributed by atoms with E-state index < -0.39 is 18.6 Å². The average molecular weight is 372 g/mol. The molecule has 0 saturated heterocycles. The zero-order valence-corrected chi connectivity index (χ0v) is 14.4. The van der Waals surface area contributed by atoms with Gasteiger partial charge in [-0.3, -0.25) is 4.79 Å². The van der Waals surface area contributed by atoms with E-state index in [1.165, 1.54) is 36.5 Å². The lowest BCUT2D eigenvalue weighted by Crippen LogP contribution is -2.24. The van der Waals surface area contributed by atoms with Crippen molar-refractivity contribution in [3.63, 3.8) is 0 Å². The summed E-state index contributed by atoms with van der Waals surface area (Å²) in [6.07, 6.45) is -3.25. The lowest BCUT2D eigenvalue weighted by atomic mass is 10.1. The fourth-order valence-electron chi connectivity index (χ4n) is 1.89. The van der Waals surface area contributed by atoms with Crippen LogP contribution in [0.2, 0.25) is 0 Å². The minimum atomic E-state index is -4.46. The third-order valence-corrected chi connectivity index (χ3v) is 2.93. The molecule has 0 atom stereocenters. The van der Waals surface area contributed by atoms with Gasteiger partial charge in [-0.25, -0.2) is 9.37 Å². The molecule has 1 amide bonds. The zero-order chi connectivity index (χ0) is 19.6. The van der Waals surface area contributed by atoms with E-state index >= 15 is 0 Å². The summed E-state index contributed by atoms with van der Waals surface area (Å²) in [6.45, 7) is 2.70. The van der Waals surface area contributed by atoms with Crippen molar-refractivity contribution < 1.29 is 27.1 Å². The predicted octanol–water partition coefficient (Wildman–Crippen LogP) is 4.05. The van der Waals surface area contributed by atoms with E-state index in [1.807, 2.05) is 13.8 Å². The summed E-state index contributed by atoms with van der Waals surface area (Å²) in [4.78, 5) is 15.5. The summed E-state index contributed by atoms with van der Waals surface area (Å²) in [6, 6.07) is 8.57. The largest absolute Gasteiger partial charge is 0.468 e. The van der Waals surface area contributed by atoms with E-state index in [9.17, 15) is 22.4 Å². The fourth-order valence-corrected chi connectivity index (χ4v) is 1.89. The van der Waals surface area contributed by atoms with E-state index in [0.29, 0.717) is 11.1 Å². The second-order valence-electron chi connectivity index (χ2n) is 4.99. The number of pyridine rings is 1. The van der Waals surface area contributed by atoms with Crippen LogP contribution in [-0.2, 0) is 17.8 Å². The van der Waals surface area contributed by atoms with E-state index in [4.69, 9.17) is 0 Å². The first-order valence-electron chi connectivity index (χ1n) is 7.97. The molecule has 0 radical (unpaired) electrons. The first-order valence-corrected chi connectivity index (χ1v) is 7.97. The Morgan fingerprint density at radius 2 is 1.88 bits per heavy atom. The van der Waals surface area contributed by atoms with Crippen LogP contribution < -0.4 is 10.1 Å². The summed E-state index contributed by atoms with van der Waals surface area (Å²) in [5.41, 5.74) is 1.06. The second kappa shape index (κ2) is 10.4. The molecule has 0 aliphatic rings. The number of aromatic nitrogens is 1. The molecule has 0 bridgehead atoms. The van der Waals surface area contributed by atoms with Gasteiger partial charge in [0.05, 0.1) is 6.42 Å². The maximum atomic E-state index is 13.0. The number of alkyl halides is 3. The fraction of sp³-hybridized carbons (Fsp3) is 0.333. The molecule has 0 saturated carbocycles. The Morgan fingerprint density at radius 3 is 2.54 bits per heavy atom. The quantitative estimate of drug-likeness (QED) is 0.779. The van der Waals surface area contributed by atoms with Crippen molar-refractivity contribution >= 4 is 5.91 Å². The third kappa shape index (κ3) is 8.46. The minimum absolute atomic E-state index is 0.0553. The Bertz CT molecular complexity index is 706. The molecule has 4 nitrogen and oxygen atoms in total. The number of nitrogens with zero attached hydrogens (tertiary/aromatic N) is 1. The number of nitrogens with one attached hydrogen (secondary N) is 1. The van der Waals surface area contributed by atoms with Crippen LogP contribution in [0.4, 0.5) is 17.6 Å². The number of carbonyl (C=O) groups is 1. The highest BCUT2D eigenvalue weighted by Gasteiger charge is 2.28. The molecule has 1 N–H and O–H groups in total. The first-order chi connectivity index (χ1) is 12.3. The Balaban J connectivity index is 0.00000163. The monoisotopic (exact) mass is 372 g/mol. The maximum Gasteiger partial charge on any atom is 0.422 e. The molecule has 2 aromatic rings. The van der Waals surface area contributed by atoms with Crippen molar-refractivity contribution in [1.82, 2.24) is 10.3 Å². The van der Waals surface area contributed by atoms with Crippen molar-refractivity contribution in [3.8, 4) is 5.88 Å². The van der Waals surface area contributed by atoms with Gasteiger partial charge in [0.1, 0.15) is 5.82 Å². The summed E-state index contributed by atoms with van der Waals surface area (Å²) >= 11 is 0. The Labute approximate surface area is 149 Å². The summed E-state index contributed by atoms with van der Waals surface area (Å²) < 4.78 is 53.8. The van der Waals surface area contributed by atoms with Crippen molar-refractivity contribution in [1.29, 1.82) is 0 Å². The van der Waals surface area contributed by atoms with Crippen LogP contribution >= 0.6 is 0 Å². The van der Waals surface area contributed by atoms with Crippen LogP contribution in [0.15, 0.2) is 42.6 Å². The van der Waals surface area contributed by atoms with Crippen LogP contribution in [0.3, 0.4) is 0 Å². The molecule has 0 aliphatic heterocycles. The molecular formula is C18H20F4N2O2. The molecule has 1 aromatic carbocycles. The number of hydrogen-bond donors (Lipinski definition) is 1. The Morgan fingerprint density at radius 1 is 1.15 bits per heavy atom. The van der Waals surface area contributed by atoms with Crippen LogP contribution in [0, 0.1) is 5.82 Å². The van der Waals surface area contributed by atoms with Gasteiger partial charge in [0.25, 0.3) is 0 Å². The van der Waals surface area contributed by atoms with Crippen molar-refractivity contribution in [3.05, 3.63) is 59.5 Å². The van der Waals surface area contributed by atoms with Crippen molar-refractivity contribution in [2.24, 2.45) is 0 Å².